The van der Waals surface area contributed by atoms with Gasteiger partial charge in [0, 0.05) is 19.6 Å². The lowest BCUT2D eigenvalue weighted by Gasteiger charge is -2.20. The fourth-order valence-electron chi connectivity index (χ4n) is 4.32. The fraction of sp³-hybridized carbons (Fsp3) is 0.344. The first-order chi connectivity index (χ1) is 17.5. The Kier molecular flexibility index (Phi) is 10.6. The van der Waals surface area contributed by atoms with E-state index in [0.717, 1.165) is 55.8 Å². The summed E-state index contributed by atoms with van der Waals surface area (Å²) in [5, 5.41) is 9.00. The minimum Gasteiger partial charge on any atom is -0.489 e. The number of allylic oxidation sites excluding steroid dienone is 4. The molecule has 0 saturated carbocycles. The van der Waals surface area contributed by atoms with Gasteiger partial charge in [-0.05, 0) is 67.5 Å². The summed E-state index contributed by atoms with van der Waals surface area (Å²) < 4.78 is 5.92. The minimum atomic E-state index is -0.900. The third kappa shape index (κ3) is 8.59. The molecule has 0 aliphatic carbocycles. The molecule has 188 valence electrons. The van der Waals surface area contributed by atoms with Gasteiger partial charge in [-0.1, -0.05) is 72.2 Å². The van der Waals surface area contributed by atoms with Gasteiger partial charge in [0.15, 0.2) is 0 Å². The Morgan fingerprint density at radius 1 is 1.08 bits per heavy atom. The second-order valence-electron chi connectivity index (χ2n) is 9.27. The van der Waals surface area contributed by atoms with Crippen LogP contribution in [0.25, 0.3) is 0 Å². The zero-order chi connectivity index (χ0) is 25.8. The van der Waals surface area contributed by atoms with Gasteiger partial charge >= 0.3 is 5.97 Å². The van der Waals surface area contributed by atoms with Crippen molar-refractivity contribution in [3.8, 4) is 18.1 Å². The highest BCUT2D eigenvalue weighted by Crippen LogP contribution is 2.23. The van der Waals surface area contributed by atoms with E-state index in [1.54, 1.807) is 0 Å². The smallest absolute Gasteiger partial charge is 0.304 e. The van der Waals surface area contributed by atoms with E-state index in [-0.39, 0.29) is 6.42 Å². The van der Waals surface area contributed by atoms with Gasteiger partial charge in [-0.3, -0.25) is 4.79 Å². The van der Waals surface area contributed by atoms with Crippen LogP contribution in [0.2, 0.25) is 0 Å². The molecule has 36 heavy (non-hydrogen) atoms. The molecule has 0 saturated heterocycles. The largest absolute Gasteiger partial charge is 0.489 e. The van der Waals surface area contributed by atoms with E-state index in [4.69, 9.17) is 16.3 Å². The lowest BCUT2D eigenvalue weighted by atomic mass is 9.97. The summed E-state index contributed by atoms with van der Waals surface area (Å²) in [5.41, 5.74) is 6.25. The van der Waals surface area contributed by atoms with Crippen molar-refractivity contribution in [2.75, 3.05) is 19.6 Å². The predicted octanol–water partition coefficient (Wildman–Crippen LogP) is 6.54. The molecule has 2 aromatic carbocycles. The molecule has 2 aromatic rings. The summed E-state index contributed by atoms with van der Waals surface area (Å²) in [6.45, 7) is 8.09. The zero-order valence-electron chi connectivity index (χ0n) is 21.5. The molecule has 0 amide bonds. The standard InChI is InChI=1S/C32H37NO3/c1-4-6-7-8-29-19-22-33(20-17-25(29)3)21-18-26-9-11-27(12-10-26)24-36-31-15-13-30(14-16-31)28(5-2)23-32(34)35/h2,4,6-16,28H,17-24H2,1,3H3,(H,34,35)/b6-4-,8-7-. The van der Waals surface area contributed by atoms with Crippen LogP contribution in [-0.4, -0.2) is 35.6 Å². The van der Waals surface area contributed by atoms with E-state index in [9.17, 15) is 4.79 Å². The fourth-order valence-corrected chi connectivity index (χ4v) is 4.32. The average Bonchev–Trinajstić information content (AvgIpc) is 3.07. The molecule has 1 unspecified atom stereocenters. The Labute approximate surface area is 216 Å². The van der Waals surface area contributed by atoms with E-state index < -0.39 is 11.9 Å². The van der Waals surface area contributed by atoms with Crippen LogP contribution in [-0.2, 0) is 17.8 Å². The number of rotatable bonds is 11. The molecular formula is C32H37NO3. The van der Waals surface area contributed by atoms with Gasteiger partial charge in [-0.15, -0.1) is 6.42 Å². The Bertz CT molecular complexity index is 1120. The van der Waals surface area contributed by atoms with Gasteiger partial charge in [0.1, 0.15) is 12.4 Å². The third-order valence-electron chi connectivity index (χ3n) is 6.66. The number of carboxylic acid groups (broad SMARTS) is 1. The zero-order valence-corrected chi connectivity index (χ0v) is 21.5. The monoisotopic (exact) mass is 483 g/mol. The van der Waals surface area contributed by atoms with Crippen LogP contribution < -0.4 is 4.74 Å². The molecule has 1 aliphatic heterocycles. The normalized spacial score (nSPS) is 15.7. The van der Waals surface area contributed by atoms with Crippen LogP contribution in [0.3, 0.4) is 0 Å². The Morgan fingerprint density at radius 3 is 2.44 bits per heavy atom. The number of terminal acetylenes is 1. The van der Waals surface area contributed by atoms with E-state index in [1.807, 2.05) is 31.2 Å². The van der Waals surface area contributed by atoms with Crippen LogP contribution in [0, 0.1) is 12.3 Å². The molecule has 0 fully saturated rings. The first-order valence-electron chi connectivity index (χ1n) is 12.7. The van der Waals surface area contributed by atoms with Crippen molar-refractivity contribution in [3.05, 3.63) is 101 Å². The summed E-state index contributed by atoms with van der Waals surface area (Å²) in [4.78, 5) is 13.5. The molecule has 1 heterocycles. The van der Waals surface area contributed by atoms with Crippen molar-refractivity contribution in [2.24, 2.45) is 0 Å². The number of hydrogen-bond donors (Lipinski definition) is 1. The number of hydrogen-bond acceptors (Lipinski definition) is 3. The molecule has 0 aromatic heterocycles. The van der Waals surface area contributed by atoms with Crippen LogP contribution in [0.4, 0.5) is 0 Å². The number of nitrogens with zero attached hydrogens (tertiary/aromatic N) is 1. The number of carbonyl (C=O) groups is 1. The van der Waals surface area contributed by atoms with E-state index >= 15 is 0 Å². The SMILES string of the molecule is C#CC(CC(=O)O)c1ccc(OCc2ccc(CCN3CCC(C)=C(/C=C\C=C/C)CC3)cc2)cc1. The lowest BCUT2D eigenvalue weighted by Crippen LogP contribution is -2.27. The molecule has 0 bridgehead atoms. The summed E-state index contributed by atoms with van der Waals surface area (Å²) in [5.74, 6) is 1.95. The van der Waals surface area contributed by atoms with Gasteiger partial charge in [0.2, 0.25) is 0 Å². The number of carboxylic acids is 1. The van der Waals surface area contributed by atoms with E-state index in [0.29, 0.717) is 6.61 Å². The highest BCUT2D eigenvalue weighted by atomic mass is 16.5. The molecule has 1 aliphatic rings. The van der Waals surface area contributed by atoms with E-state index in [2.05, 4.69) is 66.3 Å². The van der Waals surface area contributed by atoms with Gasteiger partial charge in [0.25, 0.3) is 0 Å². The minimum absolute atomic E-state index is 0.0768. The summed E-state index contributed by atoms with van der Waals surface area (Å²) >= 11 is 0. The van der Waals surface area contributed by atoms with Gasteiger partial charge in [0.05, 0.1) is 12.3 Å². The molecule has 1 N–H and O–H groups in total. The van der Waals surface area contributed by atoms with Gasteiger partial charge < -0.3 is 14.7 Å². The highest BCUT2D eigenvalue weighted by molar-refractivity contribution is 5.68. The summed E-state index contributed by atoms with van der Waals surface area (Å²) in [6.07, 6.45) is 17.3. The van der Waals surface area contributed by atoms with Crippen molar-refractivity contribution < 1.29 is 14.6 Å². The quantitative estimate of drug-likeness (QED) is 0.291. The van der Waals surface area contributed by atoms with Crippen LogP contribution in [0.1, 0.15) is 55.7 Å². The maximum Gasteiger partial charge on any atom is 0.304 e. The molecule has 1 atom stereocenters. The van der Waals surface area contributed by atoms with Crippen LogP contribution >= 0.6 is 0 Å². The van der Waals surface area contributed by atoms with Crippen molar-refractivity contribution in [2.45, 2.75) is 52.1 Å². The Hall–Kier alpha value is -3.55. The second kappa shape index (κ2) is 14.1. The van der Waals surface area contributed by atoms with Crippen LogP contribution in [0.15, 0.2) is 84.0 Å². The molecule has 4 nitrogen and oxygen atoms in total. The van der Waals surface area contributed by atoms with Crippen molar-refractivity contribution in [1.82, 2.24) is 4.90 Å². The first kappa shape index (κ1) is 27.0. The first-order valence-corrected chi connectivity index (χ1v) is 12.7. The maximum atomic E-state index is 11.0. The molecule has 0 spiro atoms. The highest BCUT2D eigenvalue weighted by Gasteiger charge is 2.14. The number of benzene rings is 2. The lowest BCUT2D eigenvalue weighted by molar-refractivity contribution is -0.137. The average molecular weight is 484 g/mol. The molecule has 4 heteroatoms. The third-order valence-corrected chi connectivity index (χ3v) is 6.66. The molecule has 0 radical (unpaired) electrons. The van der Waals surface area contributed by atoms with Crippen molar-refractivity contribution >= 4 is 5.97 Å². The van der Waals surface area contributed by atoms with Gasteiger partial charge in [-0.25, -0.2) is 0 Å². The van der Waals surface area contributed by atoms with E-state index in [1.165, 1.54) is 16.7 Å². The Balaban J connectivity index is 1.44. The maximum absolute atomic E-state index is 11.0. The number of ether oxygens (including phenoxy) is 1. The Morgan fingerprint density at radius 2 is 1.78 bits per heavy atom. The summed E-state index contributed by atoms with van der Waals surface area (Å²) in [6, 6.07) is 16.0. The molecule has 3 rings (SSSR count). The van der Waals surface area contributed by atoms with Gasteiger partial charge in [-0.2, -0.15) is 0 Å². The molecular weight excluding hydrogens is 446 g/mol. The summed E-state index contributed by atoms with van der Waals surface area (Å²) in [7, 11) is 0. The number of aliphatic carboxylic acids is 1. The second-order valence-corrected chi connectivity index (χ2v) is 9.27. The predicted molar refractivity (Wildman–Crippen MR) is 147 cm³/mol. The van der Waals surface area contributed by atoms with Crippen molar-refractivity contribution in [1.29, 1.82) is 0 Å². The van der Waals surface area contributed by atoms with Crippen molar-refractivity contribution in [3.63, 3.8) is 0 Å². The van der Waals surface area contributed by atoms with Crippen LogP contribution in [0.5, 0.6) is 5.75 Å². The topological polar surface area (TPSA) is 49.8 Å².